The van der Waals surface area contributed by atoms with E-state index in [0.29, 0.717) is 23.3 Å². The summed E-state index contributed by atoms with van der Waals surface area (Å²) in [6.45, 7) is 0.0945. The first-order chi connectivity index (χ1) is 13.6. The van der Waals surface area contributed by atoms with Crippen LogP contribution in [0.5, 0.6) is 11.5 Å². The van der Waals surface area contributed by atoms with E-state index in [9.17, 15) is 4.79 Å². The average molecular weight is 445 g/mol. The van der Waals surface area contributed by atoms with Gasteiger partial charge in [-0.05, 0) is 48.0 Å². The molecule has 0 spiro atoms. The van der Waals surface area contributed by atoms with Crippen molar-refractivity contribution in [2.75, 3.05) is 14.2 Å². The Morgan fingerprint density at radius 3 is 2.61 bits per heavy atom. The lowest BCUT2D eigenvalue weighted by molar-refractivity contribution is -0.134. The fourth-order valence-electron chi connectivity index (χ4n) is 2.30. The molecular formula is C20H17BrN2O5. The van der Waals surface area contributed by atoms with Gasteiger partial charge >= 0.3 is 5.97 Å². The highest BCUT2D eigenvalue weighted by Gasteiger charge is 2.11. The minimum absolute atomic E-state index is 0.0945. The molecular weight excluding hydrogens is 428 g/mol. The summed E-state index contributed by atoms with van der Waals surface area (Å²) in [6.07, 6.45) is 2.96. The number of esters is 1. The van der Waals surface area contributed by atoms with Crippen LogP contribution in [0.1, 0.15) is 11.5 Å². The Morgan fingerprint density at radius 1 is 1.11 bits per heavy atom. The maximum absolute atomic E-state index is 11.2. The van der Waals surface area contributed by atoms with E-state index in [1.54, 1.807) is 24.3 Å². The quantitative estimate of drug-likeness (QED) is 0.397. The summed E-state index contributed by atoms with van der Waals surface area (Å²) in [5.41, 5.74) is 1.59. The zero-order valence-electron chi connectivity index (χ0n) is 15.2. The Hall–Kier alpha value is -3.13. The maximum Gasteiger partial charge on any atom is 0.330 e. The summed E-state index contributed by atoms with van der Waals surface area (Å²) in [5.74, 6) is 1.36. The molecule has 0 unspecified atom stereocenters. The standard InChI is InChI=1S/C20H17BrN2O5/c1-25-17-11-13(4-10-19(24)26-2)3-9-16(17)27-12-18-22-23-20(28-18)14-5-7-15(21)8-6-14/h3-11H,12H2,1-2H3/b10-4+. The van der Waals surface area contributed by atoms with Gasteiger partial charge in [0.05, 0.1) is 14.2 Å². The van der Waals surface area contributed by atoms with E-state index in [-0.39, 0.29) is 6.61 Å². The minimum Gasteiger partial charge on any atom is -0.493 e. The molecule has 0 aliphatic heterocycles. The molecule has 3 aromatic rings. The van der Waals surface area contributed by atoms with Crippen LogP contribution in [0.2, 0.25) is 0 Å². The Morgan fingerprint density at radius 2 is 1.89 bits per heavy atom. The van der Waals surface area contributed by atoms with E-state index in [0.717, 1.165) is 15.6 Å². The lowest BCUT2D eigenvalue weighted by Gasteiger charge is -2.09. The van der Waals surface area contributed by atoms with Crippen molar-refractivity contribution in [3.63, 3.8) is 0 Å². The van der Waals surface area contributed by atoms with Crippen LogP contribution < -0.4 is 9.47 Å². The number of rotatable bonds is 7. The Kier molecular flexibility index (Phi) is 6.44. The van der Waals surface area contributed by atoms with Gasteiger partial charge in [-0.2, -0.15) is 0 Å². The maximum atomic E-state index is 11.2. The zero-order chi connectivity index (χ0) is 19.9. The van der Waals surface area contributed by atoms with Crippen molar-refractivity contribution < 1.29 is 23.4 Å². The molecule has 0 bridgehead atoms. The lowest BCUT2D eigenvalue weighted by Crippen LogP contribution is -1.98. The molecule has 2 aromatic carbocycles. The molecule has 0 aliphatic carbocycles. The van der Waals surface area contributed by atoms with Crippen LogP contribution in [0.4, 0.5) is 0 Å². The summed E-state index contributed by atoms with van der Waals surface area (Å²) in [6, 6.07) is 12.8. The normalized spacial score (nSPS) is 10.8. The first kappa shape index (κ1) is 19.6. The van der Waals surface area contributed by atoms with Gasteiger partial charge in [0.25, 0.3) is 5.89 Å². The van der Waals surface area contributed by atoms with E-state index < -0.39 is 5.97 Å². The Bertz CT molecular complexity index is 983. The van der Waals surface area contributed by atoms with E-state index in [2.05, 4.69) is 30.9 Å². The second-order valence-corrected chi connectivity index (χ2v) is 6.48. The largest absolute Gasteiger partial charge is 0.493 e. The average Bonchev–Trinajstić information content (AvgIpc) is 3.20. The molecule has 1 heterocycles. The van der Waals surface area contributed by atoms with Crippen LogP contribution in [0.15, 0.2) is 57.4 Å². The van der Waals surface area contributed by atoms with Crippen LogP contribution in [-0.4, -0.2) is 30.4 Å². The van der Waals surface area contributed by atoms with Crippen LogP contribution in [0.3, 0.4) is 0 Å². The zero-order valence-corrected chi connectivity index (χ0v) is 16.8. The molecule has 0 N–H and O–H groups in total. The van der Waals surface area contributed by atoms with Gasteiger partial charge in [-0.25, -0.2) is 4.79 Å². The number of hydrogen-bond donors (Lipinski definition) is 0. The number of methoxy groups -OCH3 is 2. The summed E-state index contributed by atoms with van der Waals surface area (Å²) in [7, 11) is 2.86. The molecule has 0 saturated carbocycles. The number of aromatic nitrogens is 2. The van der Waals surface area contributed by atoms with Gasteiger partial charge < -0.3 is 18.6 Å². The van der Waals surface area contributed by atoms with Crippen LogP contribution in [0, 0.1) is 0 Å². The van der Waals surface area contributed by atoms with Crippen molar-refractivity contribution in [2.45, 2.75) is 6.61 Å². The molecule has 3 rings (SSSR count). The lowest BCUT2D eigenvalue weighted by atomic mass is 10.2. The van der Waals surface area contributed by atoms with Gasteiger partial charge in [0.1, 0.15) is 0 Å². The van der Waals surface area contributed by atoms with Gasteiger partial charge in [-0.15, -0.1) is 10.2 Å². The third-order valence-corrected chi connectivity index (χ3v) is 4.24. The van der Waals surface area contributed by atoms with Crippen molar-refractivity contribution >= 4 is 28.0 Å². The summed E-state index contributed by atoms with van der Waals surface area (Å²) < 4.78 is 22.3. The molecule has 0 fully saturated rings. The van der Waals surface area contributed by atoms with Gasteiger partial charge in [0, 0.05) is 16.1 Å². The van der Waals surface area contributed by atoms with Crippen molar-refractivity contribution in [3.05, 3.63) is 64.5 Å². The fraction of sp³-hybridized carbons (Fsp3) is 0.150. The molecule has 0 radical (unpaired) electrons. The highest BCUT2D eigenvalue weighted by Crippen LogP contribution is 2.29. The Balaban J connectivity index is 1.68. The predicted molar refractivity (Wildman–Crippen MR) is 106 cm³/mol. The van der Waals surface area contributed by atoms with Crippen LogP contribution in [0.25, 0.3) is 17.5 Å². The number of hydrogen-bond acceptors (Lipinski definition) is 7. The van der Waals surface area contributed by atoms with Gasteiger partial charge in [-0.3, -0.25) is 0 Å². The van der Waals surface area contributed by atoms with Crippen molar-refractivity contribution in [1.82, 2.24) is 10.2 Å². The number of nitrogens with zero attached hydrogens (tertiary/aromatic N) is 2. The smallest absolute Gasteiger partial charge is 0.330 e. The number of halogens is 1. The number of ether oxygens (including phenoxy) is 3. The van der Waals surface area contributed by atoms with Gasteiger partial charge in [-0.1, -0.05) is 22.0 Å². The summed E-state index contributed by atoms with van der Waals surface area (Å²) in [5, 5.41) is 8.04. The summed E-state index contributed by atoms with van der Waals surface area (Å²) in [4.78, 5) is 11.2. The minimum atomic E-state index is -0.433. The molecule has 8 heteroatoms. The van der Waals surface area contributed by atoms with Crippen LogP contribution >= 0.6 is 15.9 Å². The third-order valence-electron chi connectivity index (χ3n) is 3.71. The van der Waals surface area contributed by atoms with Gasteiger partial charge in [0.2, 0.25) is 5.89 Å². The molecule has 0 amide bonds. The summed E-state index contributed by atoms with van der Waals surface area (Å²) >= 11 is 3.39. The highest BCUT2D eigenvalue weighted by atomic mass is 79.9. The van der Waals surface area contributed by atoms with Gasteiger partial charge in [0.15, 0.2) is 18.1 Å². The van der Waals surface area contributed by atoms with Crippen molar-refractivity contribution in [3.8, 4) is 23.0 Å². The first-order valence-electron chi connectivity index (χ1n) is 8.24. The molecule has 28 heavy (non-hydrogen) atoms. The molecule has 0 aliphatic rings. The van der Waals surface area contributed by atoms with E-state index in [1.807, 2.05) is 24.3 Å². The molecule has 0 atom stereocenters. The molecule has 7 nitrogen and oxygen atoms in total. The van der Waals surface area contributed by atoms with Crippen molar-refractivity contribution in [1.29, 1.82) is 0 Å². The highest BCUT2D eigenvalue weighted by molar-refractivity contribution is 9.10. The molecule has 0 saturated heterocycles. The third kappa shape index (κ3) is 4.98. The Labute approximate surface area is 170 Å². The monoisotopic (exact) mass is 444 g/mol. The number of carbonyl (C=O) groups excluding carboxylic acids is 1. The SMILES string of the molecule is COC(=O)/C=C/c1ccc(OCc2nnc(-c3ccc(Br)cc3)o2)c(OC)c1. The van der Waals surface area contributed by atoms with E-state index in [1.165, 1.54) is 20.3 Å². The van der Waals surface area contributed by atoms with E-state index >= 15 is 0 Å². The number of benzene rings is 2. The fourth-order valence-corrected chi connectivity index (χ4v) is 2.56. The predicted octanol–water partition coefficient (Wildman–Crippen LogP) is 4.27. The van der Waals surface area contributed by atoms with E-state index in [4.69, 9.17) is 13.9 Å². The van der Waals surface area contributed by atoms with Crippen molar-refractivity contribution in [2.24, 2.45) is 0 Å². The topological polar surface area (TPSA) is 83.7 Å². The second kappa shape index (κ2) is 9.18. The second-order valence-electron chi connectivity index (χ2n) is 5.56. The molecule has 144 valence electrons. The first-order valence-corrected chi connectivity index (χ1v) is 9.03. The molecule has 1 aromatic heterocycles. The number of carbonyl (C=O) groups is 1. The van der Waals surface area contributed by atoms with Crippen LogP contribution in [-0.2, 0) is 16.1 Å².